The molecule has 0 aromatic heterocycles. The Bertz CT molecular complexity index is 160. The van der Waals surface area contributed by atoms with Crippen LogP contribution in [0.4, 0.5) is 0 Å². The van der Waals surface area contributed by atoms with Gasteiger partial charge in [0.15, 0.2) is 0 Å². The summed E-state index contributed by atoms with van der Waals surface area (Å²) < 4.78 is 0. The summed E-state index contributed by atoms with van der Waals surface area (Å²) in [4.78, 5) is 11.3. The first-order valence-corrected chi connectivity index (χ1v) is 6.20. The first kappa shape index (κ1) is 14.4. The number of nitrogens with one attached hydrogen (secondary N) is 1. The molecule has 15 heavy (non-hydrogen) atoms. The SMILES string of the molecule is CCCCCCCCNC(=O)C(C)CN. The number of rotatable bonds is 9. The second-order valence-corrected chi connectivity index (χ2v) is 4.20. The van der Waals surface area contributed by atoms with E-state index >= 15 is 0 Å². The number of carbonyl (C=O) groups is 1. The lowest BCUT2D eigenvalue weighted by atomic mass is 10.1. The molecular formula is C12H26N2O. The van der Waals surface area contributed by atoms with Crippen LogP contribution in [-0.2, 0) is 4.79 Å². The van der Waals surface area contributed by atoms with Crippen LogP contribution >= 0.6 is 0 Å². The lowest BCUT2D eigenvalue weighted by Crippen LogP contribution is -2.33. The highest BCUT2D eigenvalue weighted by Crippen LogP contribution is 2.04. The predicted molar refractivity (Wildman–Crippen MR) is 64.6 cm³/mol. The summed E-state index contributed by atoms with van der Waals surface area (Å²) >= 11 is 0. The Morgan fingerprint density at radius 3 is 2.40 bits per heavy atom. The summed E-state index contributed by atoms with van der Waals surface area (Å²) in [5.41, 5.74) is 5.40. The monoisotopic (exact) mass is 214 g/mol. The zero-order valence-corrected chi connectivity index (χ0v) is 10.2. The molecule has 0 fully saturated rings. The van der Waals surface area contributed by atoms with Crippen molar-refractivity contribution in [2.24, 2.45) is 11.7 Å². The van der Waals surface area contributed by atoms with Crippen LogP contribution < -0.4 is 11.1 Å². The van der Waals surface area contributed by atoms with Gasteiger partial charge in [0.25, 0.3) is 0 Å². The van der Waals surface area contributed by atoms with E-state index < -0.39 is 0 Å². The van der Waals surface area contributed by atoms with Crippen LogP contribution in [0.5, 0.6) is 0 Å². The summed E-state index contributed by atoms with van der Waals surface area (Å²) in [6, 6.07) is 0. The van der Waals surface area contributed by atoms with Crippen molar-refractivity contribution in [1.82, 2.24) is 5.32 Å². The lowest BCUT2D eigenvalue weighted by Gasteiger charge is -2.09. The Kier molecular flexibility index (Phi) is 9.59. The topological polar surface area (TPSA) is 55.1 Å². The molecule has 3 N–H and O–H groups in total. The minimum absolute atomic E-state index is 0.0508. The largest absolute Gasteiger partial charge is 0.356 e. The van der Waals surface area contributed by atoms with Crippen molar-refractivity contribution in [1.29, 1.82) is 0 Å². The van der Waals surface area contributed by atoms with E-state index in [0.29, 0.717) is 6.54 Å². The molecular weight excluding hydrogens is 188 g/mol. The second-order valence-electron chi connectivity index (χ2n) is 4.20. The van der Waals surface area contributed by atoms with E-state index in [2.05, 4.69) is 12.2 Å². The van der Waals surface area contributed by atoms with E-state index in [-0.39, 0.29) is 11.8 Å². The van der Waals surface area contributed by atoms with E-state index in [0.717, 1.165) is 13.0 Å². The summed E-state index contributed by atoms with van der Waals surface area (Å²) in [6.07, 6.45) is 7.53. The van der Waals surface area contributed by atoms with E-state index in [1.807, 2.05) is 6.92 Å². The Labute approximate surface area is 93.8 Å². The van der Waals surface area contributed by atoms with Crippen molar-refractivity contribution in [3.63, 3.8) is 0 Å². The van der Waals surface area contributed by atoms with Crippen LogP contribution in [0.2, 0.25) is 0 Å². The summed E-state index contributed by atoms with van der Waals surface area (Å²) in [6.45, 7) is 5.31. The highest BCUT2D eigenvalue weighted by atomic mass is 16.1. The highest BCUT2D eigenvalue weighted by Gasteiger charge is 2.08. The van der Waals surface area contributed by atoms with Crippen molar-refractivity contribution in [3.8, 4) is 0 Å². The van der Waals surface area contributed by atoms with Gasteiger partial charge in [-0.05, 0) is 6.42 Å². The smallest absolute Gasteiger partial charge is 0.224 e. The van der Waals surface area contributed by atoms with Gasteiger partial charge in [0.05, 0.1) is 0 Å². The van der Waals surface area contributed by atoms with Gasteiger partial charge in [-0.3, -0.25) is 4.79 Å². The van der Waals surface area contributed by atoms with E-state index in [1.54, 1.807) is 0 Å². The number of hydrogen-bond acceptors (Lipinski definition) is 2. The quantitative estimate of drug-likeness (QED) is 0.577. The summed E-state index contributed by atoms with van der Waals surface area (Å²) in [5.74, 6) is 0.0381. The number of hydrogen-bond donors (Lipinski definition) is 2. The zero-order chi connectivity index (χ0) is 11.5. The van der Waals surface area contributed by atoms with Gasteiger partial charge in [-0.25, -0.2) is 0 Å². The third kappa shape index (κ3) is 8.43. The molecule has 0 aromatic carbocycles. The van der Waals surface area contributed by atoms with Crippen LogP contribution in [-0.4, -0.2) is 19.0 Å². The van der Waals surface area contributed by atoms with Crippen LogP contribution in [0.3, 0.4) is 0 Å². The fourth-order valence-corrected chi connectivity index (χ4v) is 1.40. The molecule has 3 heteroatoms. The Morgan fingerprint density at radius 2 is 1.80 bits per heavy atom. The summed E-state index contributed by atoms with van der Waals surface area (Å²) in [7, 11) is 0. The molecule has 0 radical (unpaired) electrons. The number of amides is 1. The van der Waals surface area contributed by atoms with E-state index in [4.69, 9.17) is 5.73 Å². The molecule has 0 saturated carbocycles. The average Bonchev–Trinajstić information content (AvgIpc) is 2.26. The average molecular weight is 214 g/mol. The first-order chi connectivity index (χ1) is 7.22. The molecule has 0 saturated heterocycles. The van der Waals surface area contributed by atoms with E-state index in [9.17, 15) is 4.79 Å². The van der Waals surface area contributed by atoms with Gasteiger partial charge in [0.2, 0.25) is 5.91 Å². The van der Waals surface area contributed by atoms with Crippen molar-refractivity contribution in [2.45, 2.75) is 52.4 Å². The van der Waals surface area contributed by atoms with Gasteiger partial charge in [-0.2, -0.15) is 0 Å². The van der Waals surface area contributed by atoms with Crippen LogP contribution in [0.1, 0.15) is 52.4 Å². The third-order valence-electron chi connectivity index (χ3n) is 2.63. The molecule has 0 spiro atoms. The van der Waals surface area contributed by atoms with Gasteiger partial charge in [0, 0.05) is 19.0 Å². The molecule has 1 atom stereocenters. The maximum atomic E-state index is 11.3. The molecule has 0 heterocycles. The number of carbonyl (C=O) groups excluding carboxylic acids is 1. The second kappa shape index (κ2) is 9.97. The normalized spacial score (nSPS) is 12.5. The van der Waals surface area contributed by atoms with Gasteiger partial charge in [0.1, 0.15) is 0 Å². The fraction of sp³-hybridized carbons (Fsp3) is 0.917. The van der Waals surface area contributed by atoms with Crippen molar-refractivity contribution < 1.29 is 4.79 Å². The molecule has 0 rings (SSSR count). The highest BCUT2D eigenvalue weighted by molar-refractivity contribution is 5.78. The first-order valence-electron chi connectivity index (χ1n) is 6.20. The van der Waals surface area contributed by atoms with Crippen LogP contribution in [0, 0.1) is 5.92 Å². The molecule has 1 amide bonds. The Morgan fingerprint density at radius 1 is 1.20 bits per heavy atom. The van der Waals surface area contributed by atoms with Crippen molar-refractivity contribution in [3.05, 3.63) is 0 Å². The van der Waals surface area contributed by atoms with Crippen LogP contribution in [0.25, 0.3) is 0 Å². The van der Waals surface area contributed by atoms with Crippen molar-refractivity contribution >= 4 is 5.91 Å². The Balaban J connectivity index is 3.20. The Hall–Kier alpha value is -0.570. The third-order valence-corrected chi connectivity index (χ3v) is 2.63. The minimum atomic E-state index is -0.0508. The fourth-order valence-electron chi connectivity index (χ4n) is 1.40. The molecule has 90 valence electrons. The molecule has 0 aliphatic heterocycles. The van der Waals surface area contributed by atoms with Crippen LogP contribution in [0.15, 0.2) is 0 Å². The lowest BCUT2D eigenvalue weighted by molar-refractivity contribution is -0.124. The maximum absolute atomic E-state index is 11.3. The van der Waals surface area contributed by atoms with E-state index in [1.165, 1.54) is 32.1 Å². The number of nitrogens with two attached hydrogens (primary N) is 1. The molecule has 0 aromatic rings. The number of unbranched alkanes of at least 4 members (excludes halogenated alkanes) is 5. The van der Waals surface area contributed by atoms with Gasteiger partial charge in [-0.1, -0.05) is 46.0 Å². The predicted octanol–water partition coefficient (Wildman–Crippen LogP) is 2.06. The molecule has 0 bridgehead atoms. The van der Waals surface area contributed by atoms with Gasteiger partial charge in [-0.15, -0.1) is 0 Å². The standard InChI is InChI=1S/C12H26N2O/c1-3-4-5-6-7-8-9-14-12(15)11(2)10-13/h11H,3-10,13H2,1-2H3,(H,14,15). The molecule has 0 aliphatic carbocycles. The summed E-state index contributed by atoms with van der Waals surface area (Å²) in [5, 5.41) is 2.91. The zero-order valence-electron chi connectivity index (χ0n) is 10.2. The molecule has 1 unspecified atom stereocenters. The minimum Gasteiger partial charge on any atom is -0.356 e. The molecule has 0 aliphatic rings. The van der Waals surface area contributed by atoms with Gasteiger partial charge < -0.3 is 11.1 Å². The molecule has 3 nitrogen and oxygen atoms in total. The van der Waals surface area contributed by atoms with Gasteiger partial charge >= 0.3 is 0 Å². The maximum Gasteiger partial charge on any atom is 0.224 e. The van der Waals surface area contributed by atoms with Crippen molar-refractivity contribution in [2.75, 3.05) is 13.1 Å².